The van der Waals surface area contributed by atoms with Crippen molar-refractivity contribution in [3.05, 3.63) is 41.9 Å². The Kier molecular flexibility index (Phi) is 10.7. The van der Waals surface area contributed by atoms with Crippen LogP contribution in [0.4, 0.5) is 5.69 Å². The number of aryl methyl sites for hydroxylation is 1. The summed E-state index contributed by atoms with van der Waals surface area (Å²) < 4.78 is 52.1. The van der Waals surface area contributed by atoms with Crippen molar-refractivity contribution in [1.82, 2.24) is 9.62 Å². The third-order valence-electron chi connectivity index (χ3n) is 5.97. The zero-order valence-corrected chi connectivity index (χ0v) is 23.3. The molecule has 3 N–H and O–H groups in total. The fourth-order valence-electron chi connectivity index (χ4n) is 4.12. The molecule has 5 rings (SSSR count). The van der Waals surface area contributed by atoms with Crippen molar-refractivity contribution in [2.45, 2.75) is 77.2 Å². The molecule has 204 valence electrons. The highest BCUT2D eigenvalue weighted by atomic mass is 32.2. The average Bonchev–Trinajstić information content (AvgIpc) is 3.70. The van der Waals surface area contributed by atoms with Crippen molar-refractivity contribution in [2.24, 2.45) is 8.80 Å². The number of nitrogens with one attached hydrogen (secondary N) is 2. The van der Waals surface area contributed by atoms with Gasteiger partial charge in [0.25, 0.3) is 11.2 Å². The number of aromatic hydroxyl groups is 1. The molecule has 1 aromatic carbocycles. The second-order valence-electron chi connectivity index (χ2n) is 8.63. The van der Waals surface area contributed by atoms with Crippen LogP contribution in [0.1, 0.15) is 70.3 Å². The van der Waals surface area contributed by atoms with Gasteiger partial charge in [-0.25, -0.2) is 12.6 Å². The Labute approximate surface area is 222 Å². The highest BCUT2D eigenvalue weighted by molar-refractivity contribution is 7.89. The number of anilines is 1. The van der Waals surface area contributed by atoms with E-state index >= 15 is 0 Å². The SMILES string of the molecule is C1CCCC1.CC.Cc1ccc(CNC2=NS(=O)N=C2Nc2cccc(S(=O)(=O)N3CCCC3)c2O)o1. The Balaban J connectivity index is 0.000000478. The van der Waals surface area contributed by atoms with E-state index in [1.54, 1.807) is 6.07 Å². The van der Waals surface area contributed by atoms with Gasteiger partial charge in [-0.05, 0) is 44.0 Å². The van der Waals surface area contributed by atoms with E-state index in [1.807, 2.05) is 26.8 Å². The van der Waals surface area contributed by atoms with Crippen LogP contribution in [0.2, 0.25) is 0 Å². The van der Waals surface area contributed by atoms with E-state index in [1.165, 1.54) is 54.6 Å². The van der Waals surface area contributed by atoms with Gasteiger partial charge in [0.2, 0.25) is 10.0 Å². The van der Waals surface area contributed by atoms with E-state index in [4.69, 9.17) is 4.42 Å². The van der Waals surface area contributed by atoms with Gasteiger partial charge >= 0.3 is 0 Å². The van der Waals surface area contributed by atoms with Gasteiger partial charge in [0, 0.05) is 13.1 Å². The molecule has 0 radical (unpaired) electrons. The Bertz CT molecular complexity index is 1220. The number of furan rings is 1. The molecule has 0 spiro atoms. The zero-order chi connectivity index (χ0) is 26.8. The van der Waals surface area contributed by atoms with E-state index in [2.05, 4.69) is 19.4 Å². The highest BCUT2D eigenvalue weighted by Crippen LogP contribution is 2.34. The summed E-state index contributed by atoms with van der Waals surface area (Å²) in [6.45, 7) is 6.97. The maximum Gasteiger partial charge on any atom is 0.269 e. The average molecular weight is 552 g/mol. The summed E-state index contributed by atoms with van der Waals surface area (Å²) in [6.07, 6.45) is 9.09. The lowest BCUT2D eigenvalue weighted by Crippen LogP contribution is -2.33. The molecule has 1 saturated carbocycles. The molecule has 1 aromatic heterocycles. The van der Waals surface area contributed by atoms with Gasteiger partial charge in [-0.1, -0.05) is 52.0 Å². The molecule has 0 amide bonds. The van der Waals surface area contributed by atoms with Crippen molar-refractivity contribution in [3.8, 4) is 5.75 Å². The second kappa shape index (κ2) is 13.7. The first-order chi connectivity index (χ1) is 17.8. The number of sulfonamides is 1. The molecule has 3 aliphatic rings. The van der Waals surface area contributed by atoms with Crippen molar-refractivity contribution >= 4 is 38.6 Å². The largest absolute Gasteiger partial charge is 0.504 e. The summed E-state index contributed by atoms with van der Waals surface area (Å²) in [5.41, 5.74) is 0.122. The van der Waals surface area contributed by atoms with Gasteiger partial charge in [-0.3, -0.25) is 0 Å². The number of phenols is 1. The Hall–Kier alpha value is -2.70. The second-order valence-corrected chi connectivity index (χ2v) is 11.4. The molecule has 2 fully saturated rings. The van der Waals surface area contributed by atoms with Gasteiger partial charge < -0.3 is 20.2 Å². The number of nitrogens with zero attached hydrogens (tertiary/aromatic N) is 3. The number of amidine groups is 2. The van der Waals surface area contributed by atoms with Crippen molar-refractivity contribution in [1.29, 1.82) is 0 Å². The molecule has 1 saturated heterocycles. The minimum absolute atomic E-state index is 0.122. The van der Waals surface area contributed by atoms with Crippen LogP contribution >= 0.6 is 0 Å². The van der Waals surface area contributed by atoms with Crippen molar-refractivity contribution in [3.63, 3.8) is 0 Å². The van der Waals surface area contributed by atoms with Crippen LogP contribution < -0.4 is 10.6 Å². The molecule has 1 aliphatic carbocycles. The quantitative estimate of drug-likeness (QED) is 0.460. The predicted molar refractivity (Wildman–Crippen MR) is 147 cm³/mol. The number of phenolic OH excluding ortho intramolecular Hbond substituents is 1. The zero-order valence-electron chi connectivity index (χ0n) is 21.7. The normalized spacial score (nSPS) is 19.3. The molecule has 0 bridgehead atoms. The fraction of sp³-hybridized carbons (Fsp3) is 0.520. The summed E-state index contributed by atoms with van der Waals surface area (Å²) in [4.78, 5) is -0.188. The minimum Gasteiger partial charge on any atom is -0.504 e. The standard InChI is InChI=1S/C18H21N5O5S2.C5H10.C2H6/c1-12-7-8-13(28-12)11-19-17-18(22-29(25)21-17)20-14-5-4-6-15(16(14)24)30(26,27)23-9-2-3-10-23;1-2-4-5-3-1;1-2/h4-8,24H,2-3,9-11H2,1H3,(H,19,21)(H,20,22);1-5H2;1-2H3. The van der Waals surface area contributed by atoms with Crippen LogP contribution in [-0.4, -0.2) is 46.8 Å². The van der Waals surface area contributed by atoms with Gasteiger partial charge in [0.1, 0.15) is 16.4 Å². The highest BCUT2D eigenvalue weighted by Gasteiger charge is 2.31. The first-order valence-electron chi connectivity index (χ1n) is 12.8. The van der Waals surface area contributed by atoms with Crippen molar-refractivity contribution < 1.29 is 22.2 Å². The topological polar surface area (TPSA) is 137 Å². The summed E-state index contributed by atoms with van der Waals surface area (Å²) >= 11 is -1.83. The van der Waals surface area contributed by atoms with Crippen LogP contribution in [0.15, 0.2) is 48.4 Å². The number of para-hydroxylation sites is 1. The van der Waals surface area contributed by atoms with E-state index < -0.39 is 26.9 Å². The first-order valence-corrected chi connectivity index (χ1v) is 15.3. The molecule has 2 aromatic rings. The monoisotopic (exact) mass is 551 g/mol. The van der Waals surface area contributed by atoms with Gasteiger partial charge in [-0.2, -0.15) is 4.31 Å². The van der Waals surface area contributed by atoms with E-state index in [9.17, 15) is 17.7 Å². The number of hydrogen-bond donors (Lipinski definition) is 3. The predicted octanol–water partition coefficient (Wildman–Crippen LogP) is 4.65. The van der Waals surface area contributed by atoms with Crippen LogP contribution in [0.5, 0.6) is 5.75 Å². The van der Waals surface area contributed by atoms with Gasteiger partial charge in [0.05, 0.1) is 12.2 Å². The molecular formula is C25H37N5O5S2. The lowest BCUT2D eigenvalue weighted by atomic mass is 10.3. The third-order valence-corrected chi connectivity index (χ3v) is 8.58. The van der Waals surface area contributed by atoms with Crippen LogP contribution in [0, 0.1) is 6.92 Å². The number of benzene rings is 1. The molecule has 1 unspecified atom stereocenters. The molecule has 12 heteroatoms. The smallest absolute Gasteiger partial charge is 0.269 e. The molecule has 37 heavy (non-hydrogen) atoms. The third kappa shape index (κ3) is 7.65. The van der Waals surface area contributed by atoms with Crippen LogP contribution in [0.25, 0.3) is 0 Å². The maximum absolute atomic E-state index is 12.8. The lowest BCUT2D eigenvalue weighted by molar-refractivity contribution is 0.445. The fourth-order valence-corrected chi connectivity index (χ4v) is 6.38. The Morgan fingerprint density at radius 3 is 2.19 bits per heavy atom. The van der Waals surface area contributed by atoms with E-state index in [0.29, 0.717) is 25.4 Å². The number of hydrogen-bond acceptors (Lipinski definition) is 7. The Morgan fingerprint density at radius 2 is 1.59 bits per heavy atom. The molecular weight excluding hydrogens is 514 g/mol. The van der Waals surface area contributed by atoms with Crippen LogP contribution in [-0.2, 0) is 27.7 Å². The summed E-state index contributed by atoms with van der Waals surface area (Å²) in [6, 6.07) is 8.01. The van der Waals surface area contributed by atoms with E-state index in [0.717, 1.165) is 18.6 Å². The number of rotatable bonds is 5. The van der Waals surface area contributed by atoms with E-state index in [-0.39, 0.29) is 22.3 Å². The maximum atomic E-state index is 12.8. The van der Waals surface area contributed by atoms with Gasteiger partial charge in [0.15, 0.2) is 17.4 Å². The molecule has 3 heterocycles. The Morgan fingerprint density at radius 1 is 0.973 bits per heavy atom. The molecule has 2 aliphatic heterocycles. The molecule has 1 atom stereocenters. The lowest BCUT2D eigenvalue weighted by Gasteiger charge is -2.18. The molecule has 10 nitrogen and oxygen atoms in total. The van der Waals surface area contributed by atoms with Crippen molar-refractivity contribution in [2.75, 3.05) is 18.4 Å². The van der Waals surface area contributed by atoms with Crippen LogP contribution in [0.3, 0.4) is 0 Å². The summed E-state index contributed by atoms with van der Waals surface area (Å²) in [5.74, 6) is 1.34. The first kappa shape index (κ1) is 28.9. The summed E-state index contributed by atoms with van der Waals surface area (Å²) in [7, 11) is -3.81. The summed E-state index contributed by atoms with van der Waals surface area (Å²) in [5, 5.41) is 16.5. The minimum atomic E-state index is -3.81. The van der Waals surface area contributed by atoms with Gasteiger partial charge in [-0.15, -0.1) is 8.80 Å².